The lowest BCUT2D eigenvalue weighted by Crippen LogP contribution is -2.29. The van der Waals surface area contributed by atoms with Gasteiger partial charge in [-0.05, 0) is 18.8 Å². The van der Waals surface area contributed by atoms with Crippen LogP contribution in [0.1, 0.15) is 18.4 Å². The average molecular weight is 229 g/mol. The number of nitrogens with one attached hydrogen (secondary N) is 1. The van der Waals surface area contributed by atoms with Crippen molar-refractivity contribution < 1.29 is 8.42 Å². The highest BCUT2D eigenvalue weighted by Crippen LogP contribution is 2.31. The van der Waals surface area contributed by atoms with Crippen molar-refractivity contribution in [2.24, 2.45) is 5.92 Å². The van der Waals surface area contributed by atoms with Gasteiger partial charge >= 0.3 is 0 Å². The predicted octanol–water partition coefficient (Wildman–Crippen LogP) is 0.581. The van der Waals surface area contributed by atoms with Crippen molar-refractivity contribution in [3.63, 3.8) is 0 Å². The molecule has 0 spiro atoms. The molecule has 1 aromatic heterocycles. The second-order valence-corrected chi connectivity index (χ2v) is 6.21. The summed E-state index contributed by atoms with van der Waals surface area (Å²) in [5.41, 5.74) is 0.886. The van der Waals surface area contributed by atoms with Gasteiger partial charge in [-0.25, -0.2) is 12.7 Å². The molecule has 1 heterocycles. The summed E-state index contributed by atoms with van der Waals surface area (Å²) >= 11 is 0. The lowest BCUT2D eigenvalue weighted by atomic mass is 10.4. The molecule has 15 heavy (non-hydrogen) atoms. The first-order chi connectivity index (χ1) is 7.08. The maximum Gasteiger partial charge on any atom is 0.214 e. The maximum absolute atomic E-state index is 11.8. The molecule has 0 aliphatic heterocycles. The molecule has 1 fully saturated rings. The molecule has 0 amide bonds. The van der Waals surface area contributed by atoms with Gasteiger partial charge in [-0.15, -0.1) is 0 Å². The van der Waals surface area contributed by atoms with Crippen LogP contribution in [0, 0.1) is 5.92 Å². The number of aromatic nitrogens is 2. The third-order valence-corrected chi connectivity index (χ3v) is 4.55. The molecule has 1 aromatic rings. The highest BCUT2D eigenvalue weighted by Gasteiger charge is 2.30. The van der Waals surface area contributed by atoms with Gasteiger partial charge in [0.05, 0.1) is 11.9 Å². The Morgan fingerprint density at radius 2 is 2.33 bits per heavy atom. The summed E-state index contributed by atoms with van der Waals surface area (Å²) < 4.78 is 25.0. The molecule has 0 saturated heterocycles. The van der Waals surface area contributed by atoms with E-state index in [2.05, 4.69) is 10.2 Å². The van der Waals surface area contributed by atoms with E-state index in [-0.39, 0.29) is 0 Å². The summed E-state index contributed by atoms with van der Waals surface area (Å²) in [5.74, 6) is 0.684. The molecule has 1 saturated carbocycles. The van der Waals surface area contributed by atoms with Crippen LogP contribution in [0.5, 0.6) is 0 Å². The van der Waals surface area contributed by atoms with Gasteiger partial charge in [0.2, 0.25) is 10.0 Å². The third-order valence-electron chi connectivity index (χ3n) is 2.58. The molecule has 1 aliphatic carbocycles. The summed E-state index contributed by atoms with van der Waals surface area (Å²) in [4.78, 5) is 0. The van der Waals surface area contributed by atoms with E-state index < -0.39 is 10.0 Å². The van der Waals surface area contributed by atoms with E-state index in [9.17, 15) is 8.42 Å². The van der Waals surface area contributed by atoms with Crippen molar-refractivity contribution in [2.45, 2.75) is 19.4 Å². The molecule has 1 aliphatic rings. The van der Waals surface area contributed by atoms with Gasteiger partial charge in [0.15, 0.2) is 0 Å². The summed E-state index contributed by atoms with van der Waals surface area (Å²) in [6.07, 6.45) is 5.46. The van der Waals surface area contributed by atoms with Crippen LogP contribution in [0.2, 0.25) is 0 Å². The second kappa shape index (κ2) is 3.94. The molecule has 0 unspecified atom stereocenters. The van der Waals surface area contributed by atoms with Crippen molar-refractivity contribution in [3.05, 3.63) is 18.0 Å². The molecular weight excluding hydrogens is 214 g/mol. The van der Waals surface area contributed by atoms with Crippen LogP contribution >= 0.6 is 0 Å². The number of hydrogen-bond acceptors (Lipinski definition) is 3. The van der Waals surface area contributed by atoms with E-state index in [0.717, 1.165) is 18.4 Å². The first-order valence-corrected chi connectivity index (χ1v) is 6.60. The Morgan fingerprint density at radius 1 is 1.60 bits per heavy atom. The molecule has 0 radical (unpaired) electrons. The van der Waals surface area contributed by atoms with E-state index >= 15 is 0 Å². The molecule has 0 aromatic carbocycles. The quantitative estimate of drug-likeness (QED) is 0.803. The highest BCUT2D eigenvalue weighted by molar-refractivity contribution is 7.89. The van der Waals surface area contributed by atoms with Gasteiger partial charge < -0.3 is 0 Å². The second-order valence-electron chi connectivity index (χ2n) is 4.08. The Balaban J connectivity index is 1.96. The Hall–Kier alpha value is -0.880. The zero-order valence-corrected chi connectivity index (χ0v) is 9.50. The zero-order valence-electron chi connectivity index (χ0n) is 8.68. The molecule has 0 atom stereocenters. The number of hydrogen-bond donors (Lipinski definition) is 1. The van der Waals surface area contributed by atoms with Crippen LogP contribution < -0.4 is 0 Å². The molecule has 0 bridgehead atoms. The minimum atomic E-state index is -3.08. The number of sulfonamides is 1. The fourth-order valence-corrected chi connectivity index (χ4v) is 2.96. The van der Waals surface area contributed by atoms with Crippen LogP contribution in [0.15, 0.2) is 12.4 Å². The van der Waals surface area contributed by atoms with E-state index in [1.54, 1.807) is 19.4 Å². The van der Waals surface area contributed by atoms with Crippen molar-refractivity contribution in [1.29, 1.82) is 0 Å². The molecule has 5 nitrogen and oxygen atoms in total. The predicted molar refractivity (Wildman–Crippen MR) is 56.6 cm³/mol. The fourth-order valence-electron chi connectivity index (χ4n) is 1.43. The van der Waals surface area contributed by atoms with E-state index in [1.165, 1.54) is 4.31 Å². The summed E-state index contributed by atoms with van der Waals surface area (Å²) in [6, 6.07) is 0. The van der Waals surface area contributed by atoms with Crippen LogP contribution in [-0.2, 0) is 16.6 Å². The maximum atomic E-state index is 11.8. The smallest absolute Gasteiger partial charge is 0.214 e. The standard InChI is InChI=1S/C9H15N3O2S/c1-12(6-9-4-10-11-5-9)15(13,14)7-8-2-3-8/h4-5,8H,2-3,6-7H2,1H3,(H,10,11). The first kappa shape index (κ1) is 10.6. The minimum Gasteiger partial charge on any atom is -0.285 e. The minimum absolute atomic E-state index is 0.293. The van der Waals surface area contributed by atoms with Gasteiger partial charge in [-0.3, -0.25) is 5.10 Å². The van der Waals surface area contributed by atoms with E-state index in [4.69, 9.17) is 0 Å². The van der Waals surface area contributed by atoms with Gasteiger partial charge in [0, 0.05) is 25.4 Å². The average Bonchev–Trinajstić information content (AvgIpc) is 2.81. The van der Waals surface area contributed by atoms with Crippen molar-refractivity contribution in [1.82, 2.24) is 14.5 Å². The van der Waals surface area contributed by atoms with Crippen molar-refractivity contribution in [3.8, 4) is 0 Å². The Kier molecular flexibility index (Phi) is 2.79. The van der Waals surface area contributed by atoms with Crippen LogP contribution in [-0.4, -0.2) is 35.7 Å². The summed E-state index contributed by atoms with van der Waals surface area (Å²) in [7, 11) is -1.47. The van der Waals surface area contributed by atoms with Gasteiger partial charge in [0.25, 0.3) is 0 Å². The van der Waals surface area contributed by atoms with Gasteiger partial charge in [-0.2, -0.15) is 5.10 Å². The number of nitrogens with zero attached hydrogens (tertiary/aromatic N) is 2. The fraction of sp³-hybridized carbons (Fsp3) is 0.667. The van der Waals surface area contributed by atoms with E-state index in [1.807, 2.05) is 0 Å². The Bertz CT molecular complexity index is 409. The van der Waals surface area contributed by atoms with Crippen molar-refractivity contribution in [2.75, 3.05) is 12.8 Å². The first-order valence-electron chi connectivity index (χ1n) is 4.99. The molecular formula is C9H15N3O2S. The number of H-pyrrole nitrogens is 1. The Labute approximate surface area is 89.5 Å². The monoisotopic (exact) mass is 229 g/mol. The Morgan fingerprint density at radius 3 is 2.87 bits per heavy atom. The lowest BCUT2D eigenvalue weighted by molar-refractivity contribution is 0.464. The van der Waals surface area contributed by atoms with Crippen molar-refractivity contribution >= 4 is 10.0 Å². The highest BCUT2D eigenvalue weighted by atomic mass is 32.2. The SMILES string of the molecule is CN(Cc1cn[nH]c1)S(=O)(=O)CC1CC1. The van der Waals surface area contributed by atoms with Gasteiger partial charge in [-0.1, -0.05) is 0 Å². The molecule has 84 valence electrons. The normalized spacial score (nSPS) is 17.2. The summed E-state index contributed by atoms with van der Waals surface area (Å²) in [6.45, 7) is 0.394. The van der Waals surface area contributed by atoms with Gasteiger partial charge in [0.1, 0.15) is 0 Å². The number of aromatic amines is 1. The zero-order chi connectivity index (χ0) is 10.9. The largest absolute Gasteiger partial charge is 0.285 e. The topological polar surface area (TPSA) is 66.1 Å². The lowest BCUT2D eigenvalue weighted by Gasteiger charge is -2.15. The molecule has 2 rings (SSSR count). The van der Waals surface area contributed by atoms with E-state index in [0.29, 0.717) is 18.2 Å². The van der Waals surface area contributed by atoms with Crippen LogP contribution in [0.4, 0.5) is 0 Å². The summed E-state index contributed by atoms with van der Waals surface area (Å²) in [5, 5.41) is 6.45. The van der Waals surface area contributed by atoms with Crippen LogP contribution in [0.3, 0.4) is 0 Å². The van der Waals surface area contributed by atoms with Crippen LogP contribution in [0.25, 0.3) is 0 Å². The molecule has 6 heteroatoms. The third kappa shape index (κ3) is 2.79. The number of rotatable bonds is 5. The molecule has 1 N–H and O–H groups in total.